The Morgan fingerprint density at radius 3 is 2.63 bits per heavy atom. The first-order chi connectivity index (χ1) is 16.9. The van der Waals surface area contributed by atoms with Crippen molar-refractivity contribution < 1.29 is 1.43 Å². The number of hydrogen-bond donors (Lipinski definition) is 1. The van der Waals surface area contributed by atoms with Gasteiger partial charge in [-0.2, -0.15) is 0 Å². The zero-order valence-electron chi connectivity index (χ0n) is 22.1. The van der Waals surface area contributed by atoms with E-state index in [1.807, 2.05) is 0 Å². The first-order valence-electron chi connectivity index (χ1n) is 13.6. The summed E-state index contributed by atoms with van der Waals surface area (Å²) in [6.07, 6.45) is 14.3. The molecule has 1 heteroatoms. The monoisotopic (exact) mass is 467 g/mol. The Morgan fingerprint density at radius 1 is 1.11 bits per heavy atom. The average Bonchev–Trinajstić information content (AvgIpc) is 3.23. The van der Waals surface area contributed by atoms with Gasteiger partial charge in [0.15, 0.2) is 0 Å². The van der Waals surface area contributed by atoms with E-state index in [9.17, 15) is 0 Å². The van der Waals surface area contributed by atoms with Gasteiger partial charge in [-0.15, -0.1) is 6.58 Å². The maximum absolute atomic E-state index is 4.39. The summed E-state index contributed by atoms with van der Waals surface area (Å²) >= 11 is 0. The molecular weight excluding hydrogens is 422 g/mol. The Bertz CT molecular complexity index is 1100. The molecule has 0 spiro atoms. The van der Waals surface area contributed by atoms with E-state index < -0.39 is 0 Å². The van der Waals surface area contributed by atoms with E-state index in [-0.39, 0.29) is 1.43 Å². The molecular formula is C34H45N. The number of hydrogen-bond acceptors (Lipinski definition) is 1. The average molecular weight is 468 g/mol. The number of benzene rings is 2. The highest BCUT2D eigenvalue weighted by atomic mass is 14.9. The lowest BCUT2D eigenvalue weighted by atomic mass is 9.79. The molecule has 0 radical (unpaired) electrons. The minimum Gasteiger partial charge on any atom is -0.359 e. The van der Waals surface area contributed by atoms with Crippen molar-refractivity contribution in [2.75, 3.05) is 0 Å². The van der Waals surface area contributed by atoms with Crippen LogP contribution in [0.5, 0.6) is 0 Å². The summed E-state index contributed by atoms with van der Waals surface area (Å²) in [5.74, 6) is 2.04. The number of nitrogens with one attached hydrogen (secondary N) is 1. The summed E-state index contributed by atoms with van der Waals surface area (Å²) in [7, 11) is 0. The minimum absolute atomic E-state index is 0. The molecule has 0 amide bonds. The third-order valence-corrected chi connectivity index (χ3v) is 8.18. The predicted molar refractivity (Wildman–Crippen MR) is 154 cm³/mol. The summed E-state index contributed by atoms with van der Waals surface area (Å²) in [6, 6.07) is 18.0. The lowest BCUT2D eigenvalue weighted by Crippen LogP contribution is -2.15. The van der Waals surface area contributed by atoms with Gasteiger partial charge >= 0.3 is 0 Å². The quantitative estimate of drug-likeness (QED) is 0.343. The van der Waals surface area contributed by atoms with Crippen LogP contribution in [0.15, 0.2) is 90.8 Å². The maximum Gasteiger partial charge on any atom is 0.0450 e. The Balaban J connectivity index is 0.00000361. The SMILES string of the molecule is C=C[C@H]1CCC[C@H](CCc2ccc(C3=C(NC(=C)C[C@H](C)c4ccccc4C)C(C)=CC3)cc2)C1.[HH]. The molecule has 0 unspecified atom stereocenters. The van der Waals surface area contributed by atoms with Gasteiger partial charge in [0.1, 0.15) is 0 Å². The fourth-order valence-corrected chi connectivity index (χ4v) is 6.03. The van der Waals surface area contributed by atoms with Crippen molar-refractivity contribution in [1.82, 2.24) is 5.32 Å². The van der Waals surface area contributed by atoms with Crippen molar-refractivity contribution in [3.8, 4) is 0 Å². The van der Waals surface area contributed by atoms with E-state index in [2.05, 4.69) is 99.9 Å². The molecule has 2 aliphatic carbocycles. The Kier molecular flexibility index (Phi) is 8.50. The summed E-state index contributed by atoms with van der Waals surface area (Å²) in [6.45, 7) is 15.1. The largest absolute Gasteiger partial charge is 0.359 e. The number of aryl methyl sites for hydroxylation is 2. The van der Waals surface area contributed by atoms with E-state index in [4.69, 9.17) is 0 Å². The van der Waals surface area contributed by atoms with Gasteiger partial charge in [0.2, 0.25) is 0 Å². The van der Waals surface area contributed by atoms with E-state index in [0.717, 1.165) is 30.4 Å². The second kappa shape index (κ2) is 11.8. The highest BCUT2D eigenvalue weighted by molar-refractivity contribution is 5.76. The van der Waals surface area contributed by atoms with Gasteiger partial charge in [-0.05, 0) is 104 Å². The Morgan fingerprint density at radius 2 is 1.89 bits per heavy atom. The maximum atomic E-state index is 4.39. The molecule has 35 heavy (non-hydrogen) atoms. The molecule has 3 atom stereocenters. The lowest BCUT2D eigenvalue weighted by molar-refractivity contribution is 0.290. The van der Waals surface area contributed by atoms with Crippen LogP contribution in [0.3, 0.4) is 0 Å². The van der Waals surface area contributed by atoms with Crippen LogP contribution in [0.1, 0.15) is 88.4 Å². The molecule has 2 aromatic carbocycles. The van der Waals surface area contributed by atoms with Crippen molar-refractivity contribution in [2.24, 2.45) is 11.8 Å². The van der Waals surface area contributed by atoms with Gasteiger partial charge in [0.25, 0.3) is 0 Å². The molecule has 0 saturated heterocycles. The van der Waals surface area contributed by atoms with Crippen molar-refractivity contribution in [3.05, 3.63) is 113 Å². The minimum atomic E-state index is 0. The van der Waals surface area contributed by atoms with Gasteiger partial charge in [-0.3, -0.25) is 0 Å². The van der Waals surface area contributed by atoms with Crippen molar-refractivity contribution in [2.45, 2.75) is 78.1 Å². The Hall–Kier alpha value is -2.80. The second-order valence-corrected chi connectivity index (χ2v) is 10.9. The third-order valence-electron chi connectivity index (χ3n) is 8.18. The van der Waals surface area contributed by atoms with Crippen LogP contribution in [0.2, 0.25) is 0 Å². The molecule has 0 aromatic heterocycles. The smallest absolute Gasteiger partial charge is 0.0450 e. The zero-order valence-corrected chi connectivity index (χ0v) is 22.1. The fraction of sp³-hybridized carbons (Fsp3) is 0.412. The molecule has 2 aliphatic rings. The molecule has 2 aromatic rings. The highest BCUT2D eigenvalue weighted by Crippen LogP contribution is 2.35. The fourth-order valence-electron chi connectivity index (χ4n) is 6.03. The first-order valence-corrected chi connectivity index (χ1v) is 13.6. The molecule has 1 saturated carbocycles. The summed E-state index contributed by atoms with van der Waals surface area (Å²) in [5.41, 5.74) is 10.6. The molecule has 0 heterocycles. The van der Waals surface area contributed by atoms with Crippen LogP contribution >= 0.6 is 0 Å². The lowest BCUT2D eigenvalue weighted by Gasteiger charge is -2.27. The molecule has 4 rings (SSSR count). The molecule has 1 nitrogen and oxygen atoms in total. The number of allylic oxidation sites excluding steroid dienone is 5. The molecule has 1 fully saturated rings. The molecule has 186 valence electrons. The van der Waals surface area contributed by atoms with Crippen LogP contribution < -0.4 is 5.32 Å². The molecule has 0 aliphatic heterocycles. The van der Waals surface area contributed by atoms with Crippen LogP contribution in [-0.4, -0.2) is 0 Å². The van der Waals surface area contributed by atoms with E-state index in [1.54, 1.807) is 0 Å². The van der Waals surface area contributed by atoms with Crippen molar-refractivity contribution in [1.29, 1.82) is 0 Å². The summed E-state index contributed by atoms with van der Waals surface area (Å²) in [4.78, 5) is 0. The van der Waals surface area contributed by atoms with E-state index in [0.29, 0.717) is 5.92 Å². The first kappa shape index (κ1) is 25.3. The van der Waals surface area contributed by atoms with Crippen LogP contribution in [0, 0.1) is 18.8 Å². The van der Waals surface area contributed by atoms with Crippen molar-refractivity contribution >= 4 is 5.57 Å². The molecule has 1 N–H and O–H groups in total. The van der Waals surface area contributed by atoms with Crippen LogP contribution in [0.4, 0.5) is 0 Å². The third kappa shape index (κ3) is 6.45. The zero-order chi connectivity index (χ0) is 24.8. The van der Waals surface area contributed by atoms with Crippen LogP contribution in [0.25, 0.3) is 5.57 Å². The van der Waals surface area contributed by atoms with E-state index in [1.165, 1.54) is 77.6 Å². The molecule has 0 bridgehead atoms. The predicted octanol–water partition coefficient (Wildman–Crippen LogP) is 9.52. The topological polar surface area (TPSA) is 12.0 Å². The van der Waals surface area contributed by atoms with E-state index >= 15 is 0 Å². The van der Waals surface area contributed by atoms with Gasteiger partial charge < -0.3 is 5.32 Å². The standard InChI is InChI=1S/C34H43N.H2/c1-6-28-11-9-12-30(23-28)16-15-29-17-19-31(20-18-29)33-21-14-25(3)34(33)35-27(5)22-26(4)32-13-8-7-10-24(32)2;/h6-8,10,13-14,17-20,26,28,30,35H,1,5,9,11-12,15-16,21-23H2,2-4H3;1H/t26-,28-,30+;/m0./s1. The second-order valence-electron chi connectivity index (χ2n) is 10.9. The van der Waals surface area contributed by atoms with Gasteiger partial charge in [0, 0.05) is 12.8 Å². The Labute approximate surface area is 215 Å². The summed E-state index contributed by atoms with van der Waals surface area (Å²) < 4.78 is 0. The highest BCUT2D eigenvalue weighted by Gasteiger charge is 2.20. The number of rotatable bonds is 10. The van der Waals surface area contributed by atoms with Gasteiger partial charge in [0.05, 0.1) is 0 Å². The summed E-state index contributed by atoms with van der Waals surface area (Å²) in [5, 5.41) is 3.70. The van der Waals surface area contributed by atoms with Gasteiger partial charge in [-0.1, -0.05) is 87.0 Å². The van der Waals surface area contributed by atoms with Gasteiger partial charge in [-0.25, -0.2) is 0 Å². The normalized spacial score (nSPS) is 20.9. The van der Waals surface area contributed by atoms with Crippen LogP contribution in [-0.2, 0) is 6.42 Å². The van der Waals surface area contributed by atoms with Crippen molar-refractivity contribution in [3.63, 3.8) is 0 Å².